The van der Waals surface area contributed by atoms with Gasteiger partial charge in [0.1, 0.15) is 29.5 Å². The molecule has 1 aliphatic heterocycles. The second-order valence-corrected chi connectivity index (χ2v) is 9.39. The lowest BCUT2D eigenvalue weighted by molar-refractivity contribution is 0.0625. The Kier molecular flexibility index (Phi) is 4.35. The number of anilines is 1. The van der Waals surface area contributed by atoms with Crippen molar-refractivity contribution in [2.24, 2.45) is 7.05 Å². The first-order valence-corrected chi connectivity index (χ1v) is 11.8. The summed E-state index contributed by atoms with van der Waals surface area (Å²) in [6.07, 6.45) is 8.68. The SMILES string of the molecule is Cn1cc(-c2ccc3c(c2)OC[C@H]3N(C(=O)c2cc3c(cc2F)nc(N)c2cncn23)C2CC2)cn1. The minimum absolute atomic E-state index is 0.00333. The molecule has 0 spiro atoms. The van der Waals surface area contributed by atoms with Crippen molar-refractivity contribution in [2.45, 2.75) is 24.9 Å². The Hall–Kier alpha value is -4.47. The zero-order valence-electron chi connectivity index (χ0n) is 19.4. The normalized spacial score (nSPS) is 16.9. The number of halogens is 1. The number of carbonyl (C=O) groups excluding carboxylic acids is 1. The second-order valence-electron chi connectivity index (χ2n) is 9.39. The predicted molar refractivity (Wildman–Crippen MR) is 131 cm³/mol. The molecule has 1 saturated carbocycles. The predicted octanol–water partition coefficient (Wildman–Crippen LogP) is 3.74. The fourth-order valence-electron chi connectivity index (χ4n) is 5.09. The van der Waals surface area contributed by atoms with Gasteiger partial charge in [0.15, 0.2) is 0 Å². The Bertz CT molecular complexity index is 1690. The van der Waals surface area contributed by atoms with Crippen molar-refractivity contribution in [2.75, 3.05) is 12.3 Å². The van der Waals surface area contributed by atoms with Crippen molar-refractivity contribution in [3.05, 3.63) is 72.2 Å². The number of benzene rings is 2. The van der Waals surface area contributed by atoms with Crippen LogP contribution in [-0.4, -0.2) is 47.6 Å². The molecule has 2 aliphatic rings. The highest BCUT2D eigenvalue weighted by molar-refractivity contribution is 5.99. The molecule has 1 aliphatic carbocycles. The largest absolute Gasteiger partial charge is 0.491 e. The highest BCUT2D eigenvalue weighted by Gasteiger charge is 2.42. The number of ether oxygens (including phenoxy) is 1. The minimum Gasteiger partial charge on any atom is -0.491 e. The van der Waals surface area contributed by atoms with Crippen LogP contribution in [0, 0.1) is 5.82 Å². The minimum atomic E-state index is -0.629. The van der Waals surface area contributed by atoms with Gasteiger partial charge in [0.2, 0.25) is 0 Å². The quantitative estimate of drug-likeness (QED) is 0.418. The van der Waals surface area contributed by atoms with E-state index in [9.17, 15) is 4.79 Å². The van der Waals surface area contributed by atoms with Crippen LogP contribution in [0.2, 0.25) is 0 Å². The zero-order chi connectivity index (χ0) is 24.6. The van der Waals surface area contributed by atoms with Gasteiger partial charge in [-0.25, -0.2) is 14.4 Å². The molecular weight excluding hydrogens is 461 g/mol. The number of hydrogen-bond donors (Lipinski definition) is 1. The highest BCUT2D eigenvalue weighted by Crippen LogP contribution is 2.44. The molecule has 2 N–H and O–H groups in total. The Balaban J connectivity index is 1.28. The van der Waals surface area contributed by atoms with E-state index >= 15 is 4.39 Å². The van der Waals surface area contributed by atoms with Gasteiger partial charge in [0.25, 0.3) is 5.91 Å². The fourth-order valence-corrected chi connectivity index (χ4v) is 5.09. The molecule has 1 amide bonds. The molecule has 4 heterocycles. The number of nitrogen functional groups attached to an aromatic ring is 1. The van der Waals surface area contributed by atoms with Gasteiger partial charge in [-0.15, -0.1) is 0 Å². The average Bonchev–Trinajstić information content (AvgIpc) is 3.23. The summed E-state index contributed by atoms with van der Waals surface area (Å²) >= 11 is 0. The van der Waals surface area contributed by atoms with Gasteiger partial charge in [-0.3, -0.25) is 13.9 Å². The molecule has 0 saturated heterocycles. The third-order valence-corrected chi connectivity index (χ3v) is 7.01. The van der Waals surface area contributed by atoms with E-state index in [1.807, 2.05) is 31.4 Å². The van der Waals surface area contributed by atoms with Gasteiger partial charge in [-0.2, -0.15) is 5.10 Å². The molecule has 7 rings (SSSR count). The van der Waals surface area contributed by atoms with E-state index in [0.29, 0.717) is 23.2 Å². The molecule has 0 radical (unpaired) electrons. The van der Waals surface area contributed by atoms with Crippen molar-refractivity contribution in [3.63, 3.8) is 0 Å². The van der Waals surface area contributed by atoms with Crippen molar-refractivity contribution in [3.8, 4) is 16.9 Å². The van der Waals surface area contributed by atoms with Gasteiger partial charge >= 0.3 is 0 Å². The van der Waals surface area contributed by atoms with E-state index in [-0.39, 0.29) is 29.4 Å². The van der Waals surface area contributed by atoms with Gasteiger partial charge in [-0.1, -0.05) is 12.1 Å². The maximum absolute atomic E-state index is 15.3. The monoisotopic (exact) mass is 483 g/mol. The van der Waals surface area contributed by atoms with Crippen LogP contribution < -0.4 is 10.5 Å². The summed E-state index contributed by atoms with van der Waals surface area (Å²) in [5.41, 5.74) is 10.4. The Morgan fingerprint density at radius 3 is 2.81 bits per heavy atom. The summed E-state index contributed by atoms with van der Waals surface area (Å²) in [5.74, 6) is -0.00242. The number of amides is 1. The van der Waals surface area contributed by atoms with E-state index in [0.717, 1.165) is 35.3 Å². The number of rotatable bonds is 4. The summed E-state index contributed by atoms with van der Waals surface area (Å²) in [6, 6.07) is 8.55. The zero-order valence-corrected chi connectivity index (χ0v) is 19.4. The molecule has 0 unspecified atom stereocenters. The lowest BCUT2D eigenvalue weighted by Gasteiger charge is -2.29. The maximum atomic E-state index is 15.3. The number of fused-ring (bicyclic) bond motifs is 4. The molecule has 2 aromatic carbocycles. The number of nitrogens with two attached hydrogens (primary N) is 1. The van der Waals surface area contributed by atoms with Crippen molar-refractivity contribution in [1.82, 2.24) is 29.0 Å². The van der Waals surface area contributed by atoms with Crippen molar-refractivity contribution >= 4 is 28.3 Å². The Morgan fingerprint density at radius 2 is 2.03 bits per heavy atom. The molecule has 1 fully saturated rings. The lowest BCUT2D eigenvalue weighted by Crippen LogP contribution is -2.38. The molecule has 0 bridgehead atoms. The van der Waals surface area contributed by atoms with Gasteiger partial charge in [-0.05, 0) is 30.5 Å². The van der Waals surface area contributed by atoms with E-state index in [1.54, 1.807) is 38.8 Å². The molecule has 10 heteroatoms. The van der Waals surface area contributed by atoms with Crippen molar-refractivity contribution in [1.29, 1.82) is 0 Å². The van der Waals surface area contributed by atoms with Gasteiger partial charge < -0.3 is 15.4 Å². The molecule has 3 aromatic heterocycles. The van der Waals surface area contributed by atoms with Crippen LogP contribution in [0.4, 0.5) is 10.2 Å². The number of hydrogen-bond acceptors (Lipinski definition) is 6. The van der Waals surface area contributed by atoms with Crippen LogP contribution in [0.1, 0.15) is 34.8 Å². The van der Waals surface area contributed by atoms with E-state index in [4.69, 9.17) is 10.5 Å². The summed E-state index contributed by atoms with van der Waals surface area (Å²) in [4.78, 5) is 24.1. The average molecular weight is 484 g/mol. The van der Waals surface area contributed by atoms with Crippen LogP contribution >= 0.6 is 0 Å². The summed E-state index contributed by atoms with van der Waals surface area (Å²) < 4.78 is 24.8. The number of aryl methyl sites for hydroxylation is 1. The first kappa shape index (κ1) is 20.9. The van der Waals surface area contributed by atoms with Crippen LogP contribution in [0.3, 0.4) is 0 Å². The van der Waals surface area contributed by atoms with Crippen LogP contribution in [-0.2, 0) is 7.05 Å². The lowest BCUT2D eigenvalue weighted by atomic mass is 10.0. The van der Waals surface area contributed by atoms with Crippen molar-refractivity contribution < 1.29 is 13.9 Å². The first-order valence-electron chi connectivity index (χ1n) is 11.8. The van der Waals surface area contributed by atoms with Crippen LogP contribution in [0.15, 0.2) is 55.2 Å². The number of aromatic nitrogens is 5. The molecule has 9 nitrogen and oxygen atoms in total. The van der Waals surface area contributed by atoms with Gasteiger partial charge in [0, 0.05) is 36.5 Å². The van der Waals surface area contributed by atoms with Crippen LogP contribution in [0.5, 0.6) is 5.75 Å². The molecule has 1 atom stereocenters. The van der Waals surface area contributed by atoms with Gasteiger partial charge in [0.05, 0.1) is 41.4 Å². The summed E-state index contributed by atoms with van der Waals surface area (Å²) in [7, 11) is 1.87. The smallest absolute Gasteiger partial charge is 0.257 e. The molecule has 36 heavy (non-hydrogen) atoms. The summed E-state index contributed by atoms with van der Waals surface area (Å²) in [5, 5.41) is 4.24. The molecule has 180 valence electrons. The Labute approximate surface area is 204 Å². The topological polar surface area (TPSA) is 104 Å². The third-order valence-electron chi connectivity index (χ3n) is 7.01. The number of nitrogens with zero attached hydrogens (tertiary/aromatic N) is 6. The highest BCUT2D eigenvalue weighted by atomic mass is 19.1. The molecule has 5 aromatic rings. The number of carbonyl (C=O) groups is 1. The second kappa shape index (κ2) is 7.51. The molecular formula is C26H22FN7O2. The maximum Gasteiger partial charge on any atom is 0.257 e. The van der Waals surface area contributed by atoms with Crippen LogP contribution in [0.25, 0.3) is 27.7 Å². The first-order chi connectivity index (χ1) is 17.5. The number of imidazole rings is 1. The Morgan fingerprint density at radius 1 is 1.17 bits per heavy atom. The standard InChI is InChI=1S/C26H22FN7O2/c1-32-11-15(9-30-32)14-2-5-17-23(12-36-24(17)6-14)34(16-3-4-16)26(35)18-7-21-20(8-19(18)27)31-25(28)22-10-29-13-33(21)22/h2,5-11,13,16,23H,3-4,12H2,1H3,(H2,28,31)/t23-/m1/s1. The summed E-state index contributed by atoms with van der Waals surface area (Å²) in [6.45, 7) is 0.327. The van der Waals surface area contributed by atoms with E-state index in [1.165, 1.54) is 6.07 Å². The van der Waals surface area contributed by atoms with E-state index < -0.39 is 5.82 Å². The third kappa shape index (κ3) is 3.14. The fraction of sp³-hybridized carbons (Fsp3) is 0.231. The van der Waals surface area contributed by atoms with E-state index in [2.05, 4.69) is 15.1 Å².